The molecule has 3 aromatic rings. The van der Waals surface area contributed by atoms with Gasteiger partial charge in [0.1, 0.15) is 0 Å². The Hall–Kier alpha value is -1.89. The lowest BCUT2D eigenvalue weighted by molar-refractivity contribution is 0.356. The number of halogens is 1. The molecule has 4 rings (SSSR count). The van der Waals surface area contributed by atoms with Crippen molar-refractivity contribution in [1.29, 1.82) is 0 Å². The number of sulfonamides is 1. The van der Waals surface area contributed by atoms with Crippen LogP contribution in [0.1, 0.15) is 53.9 Å². The monoisotopic (exact) mass is 488 g/mol. The molecule has 0 atom stereocenters. The number of aromatic nitrogens is 1. The van der Waals surface area contributed by atoms with Crippen LogP contribution in [0.15, 0.2) is 41.3 Å². The number of thiazole rings is 1. The number of aryl methyl sites for hydroxylation is 3. The van der Waals surface area contributed by atoms with Crippen LogP contribution in [0, 0.1) is 26.7 Å². The van der Waals surface area contributed by atoms with Crippen LogP contribution in [-0.4, -0.2) is 13.4 Å². The van der Waals surface area contributed by atoms with Crippen molar-refractivity contribution in [2.45, 2.75) is 64.2 Å². The third-order valence-corrected chi connectivity index (χ3v) is 9.35. The summed E-state index contributed by atoms with van der Waals surface area (Å²) in [5, 5.41) is 1.68. The van der Waals surface area contributed by atoms with Gasteiger partial charge in [-0.2, -0.15) is 0 Å². The summed E-state index contributed by atoms with van der Waals surface area (Å²) >= 11 is 7.87. The highest BCUT2D eigenvalue weighted by molar-refractivity contribution is 7.92. The first-order chi connectivity index (χ1) is 15.2. The molecular weight excluding hydrogens is 460 g/mol. The van der Waals surface area contributed by atoms with Crippen molar-refractivity contribution in [3.05, 3.63) is 63.2 Å². The summed E-state index contributed by atoms with van der Waals surface area (Å²) in [5.41, 5.74) is 3.91. The Morgan fingerprint density at radius 2 is 1.75 bits per heavy atom. The third-order valence-electron chi connectivity index (χ3n) is 6.19. The predicted molar refractivity (Wildman–Crippen MR) is 134 cm³/mol. The number of anilines is 1. The molecule has 0 spiro atoms. The lowest BCUT2D eigenvalue weighted by atomic mass is 9.87. The Balaban J connectivity index is 1.61. The molecule has 0 radical (unpaired) electrons. The number of nitrogens with one attached hydrogen (secondary N) is 1. The first-order valence-corrected chi connectivity index (χ1v) is 13.8. The van der Waals surface area contributed by atoms with Crippen LogP contribution >= 0.6 is 22.9 Å². The number of rotatable bonds is 6. The highest BCUT2D eigenvalue weighted by Crippen LogP contribution is 2.35. The van der Waals surface area contributed by atoms with E-state index < -0.39 is 10.0 Å². The smallest absolute Gasteiger partial charge is 0.262 e. The van der Waals surface area contributed by atoms with E-state index in [9.17, 15) is 8.42 Å². The molecule has 1 aliphatic carbocycles. The van der Waals surface area contributed by atoms with E-state index >= 15 is 0 Å². The van der Waals surface area contributed by atoms with Gasteiger partial charge in [-0.3, -0.25) is 4.72 Å². The minimum Gasteiger partial charge on any atom is -0.280 e. The number of benzene rings is 2. The maximum absolute atomic E-state index is 13.2. The van der Waals surface area contributed by atoms with Crippen molar-refractivity contribution in [3.8, 4) is 10.4 Å². The minimum atomic E-state index is -3.76. The Morgan fingerprint density at radius 3 is 2.47 bits per heavy atom. The Morgan fingerprint density at radius 1 is 1.03 bits per heavy atom. The van der Waals surface area contributed by atoms with Gasteiger partial charge in [0.25, 0.3) is 10.0 Å². The van der Waals surface area contributed by atoms with Crippen molar-refractivity contribution in [2.24, 2.45) is 5.92 Å². The van der Waals surface area contributed by atoms with E-state index in [4.69, 9.17) is 16.6 Å². The summed E-state index contributed by atoms with van der Waals surface area (Å²) in [6.07, 6.45) is 7.59. The SMILES string of the molecule is Cc1ccc(NS(=O)(=O)c2cc(-c3sc(CC4CCCCC4)nc3C)ccc2C)cc1Cl. The second-order valence-corrected chi connectivity index (χ2v) is 11.9. The van der Waals surface area contributed by atoms with Crippen molar-refractivity contribution in [3.63, 3.8) is 0 Å². The molecule has 4 nitrogen and oxygen atoms in total. The van der Waals surface area contributed by atoms with E-state index in [-0.39, 0.29) is 4.90 Å². The predicted octanol–water partition coefficient (Wildman–Crippen LogP) is 7.31. The molecule has 2 aromatic carbocycles. The largest absolute Gasteiger partial charge is 0.280 e. The summed E-state index contributed by atoms with van der Waals surface area (Å²) in [7, 11) is -3.76. The topological polar surface area (TPSA) is 59.1 Å². The first-order valence-electron chi connectivity index (χ1n) is 11.1. The fourth-order valence-corrected chi connectivity index (χ4v) is 7.02. The zero-order chi connectivity index (χ0) is 22.9. The van der Waals surface area contributed by atoms with Gasteiger partial charge in [0.15, 0.2) is 0 Å². The highest BCUT2D eigenvalue weighted by Gasteiger charge is 2.21. The molecule has 1 saturated carbocycles. The van der Waals surface area contributed by atoms with E-state index in [0.29, 0.717) is 16.3 Å². The van der Waals surface area contributed by atoms with Crippen LogP contribution in [0.25, 0.3) is 10.4 Å². The van der Waals surface area contributed by atoms with E-state index in [0.717, 1.165) is 39.0 Å². The lowest BCUT2D eigenvalue weighted by Gasteiger charge is -2.20. The van der Waals surface area contributed by atoms with Crippen LogP contribution < -0.4 is 4.72 Å². The summed E-state index contributed by atoms with van der Waals surface area (Å²) in [4.78, 5) is 6.14. The fourth-order valence-electron chi connectivity index (χ4n) is 4.34. The van der Waals surface area contributed by atoms with E-state index in [1.807, 2.05) is 32.9 Å². The normalized spacial score (nSPS) is 15.1. The average molecular weight is 489 g/mol. The van der Waals surface area contributed by atoms with Crippen LogP contribution in [0.3, 0.4) is 0 Å². The number of hydrogen-bond donors (Lipinski definition) is 1. The molecule has 0 amide bonds. The molecule has 1 aliphatic rings. The first kappa shape index (κ1) is 23.3. The number of hydrogen-bond acceptors (Lipinski definition) is 4. The average Bonchev–Trinajstić information content (AvgIpc) is 3.11. The van der Waals surface area contributed by atoms with E-state index in [2.05, 4.69) is 4.72 Å². The fraction of sp³-hybridized carbons (Fsp3) is 0.400. The van der Waals surface area contributed by atoms with Gasteiger partial charge in [0.05, 0.1) is 26.2 Å². The molecular formula is C25H29ClN2O2S2. The maximum atomic E-state index is 13.2. The summed E-state index contributed by atoms with van der Waals surface area (Å²) in [6.45, 7) is 5.71. The molecule has 1 N–H and O–H groups in total. The van der Waals surface area contributed by atoms with Crippen molar-refractivity contribution in [2.75, 3.05) is 4.72 Å². The summed E-state index contributed by atoms with van der Waals surface area (Å²) < 4.78 is 29.0. The van der Waals surface area contributed by atoms with Crippen LogP contribution in [0.2, 0.25) is 5.02 Å². The zero-order valence-corrected chi connectivity index (χ0v) is 21.1. The number of nitrogens with zero attached hydrogens (tertiary/aromatic N) is 1. The molecule has 32 heavy (non-hydrogen) atoms. The van der Waals surface area contributed by atoms with E-state index in [1.54, 1.807) is 35.6 Å². The van der Waals surface area contributed by atoms with Gasteiger partial charge in [-0.15, -0.1) is 11.3 Å². The van der Waals surface area contributed by atoms with Gasteiger partial charge in [-0.05, 0) is 61.6 Å². The highest BCUT2D eigenvalue weighted by atomic mass is 35.5. The van der Waals surface area contributed by atoms with E-state index in [1.165, 1.54) is 32.1 Å². The molecule has 7 heteroatoms. The van der Waals surface area contributed by atoms with Crippen molar-refractivity contribution in [1.82, 2.24) is 4.98 Å². The van der Waals surface area contributed by atoms with Crippen molar-refractivity contribution < 1.29 is 8.42 Å². The zero-order valence-electron chi connectivity index (χ0n) is 18.7. The molecule has 0 saturated heterocycles. The van der Waals surface area contributed by atoms with Gasteiger partial charge in [0, 0.05) is 11.4 Å². The Labute approximate surface area is 200 Å². The van der Waals surface area contributed by atoms with Gasteiger partial charge in [-0.1, -0.05) is 61.9 Å². The summed E-state index contributed by atoms with van der Waals surface area (Å²) in [6, 6.07) is 10.8. The van der Waals surface area contributed by atoms with Gasteiger partial charge in [-0.25, -0.2) is 13.4 Å². The molecule has 0 aliphatic heterocycles. The summed E-state index contributed by atoms with van der Waals surface area (Å²) in [5.74, 6) is 0.724. The minimum absolute atomic E-state index is 0.272. The molecule has 0 bridgehead atoms. The van der Waals surface area contributed by atoms with Gasteiger partial charge < -0.3 is 0 Å². The maximum Gasteiger partial charge on any atom is 0.262 e. The van der Waals surface area contributed by atoms with Crippen molar-refractivity contribution >= 4 is 38.6 Å². The quantitative estimate of drug-likeness (QED) is 0.395. The third kappa shape index (κ3) is 5.19. The Bertz CT molecular complexity index is 1230. The van der Waals surface area contributed by atoms with Crippen LogP contribution in [0.4, 0.5) is 5.69 Å². The molecule has 1 aromatic heterocycles. The Kier molecular flexibility index (Phi) is 6.94. The molecule has 1 fully saturated rings. The second-order valence-electron chi connectivity index (χ2n) is 8.78. The second kappa shape index (κ2) is 9.54. The standard InChI is InChI=1S/C25H29ClN2O2S2/c1-16-10-12-21(15-22(16)26)28-32(29,30)23-14-20(11-9-17(23)2)25-18(3)27-24(31-25)13-19-7-5-4-6-8-19/h9-12,14-15,19,28H,4-8,13H2,1-3H3. The molecule has 0 unspecified atom stereocenters. The van der Waals surface area contributed by atoms with Crippen LogP contribution in [0.5, 0.6) is 0 Å². The van der Waals surface area contributed by atoms with Gasteiger partial charge in [0.2, 0.25) is 0 Å². The lowest BCUT2D eigenvalue weighted by Crippen LogP contribution is -2.14. The van der Waals surface area contributed by atoms with Gasteiger partial charge >= 0.3 is 0 Å². The van der Waals surface area contributed by atoms with Crippen LogP contribution in [-0.2, 0) is 16.4 Å². The molecule has 1 heterocycles. The molecule has 170 valence electrons.